The van der Waals surface area contributed by atoms with Crippen molar-refractivity contribution in [2.75, 3.05) is 7.05 Å². The zero-order chi connectivity index (χ0) is 12.4. The van der Waals surface area contributed by atoms with Gasteiger partial charge in [-0.1, -0.05) is 28.1 Å². The van der Waals surface area contributed by atoms with Gasteiger partial charge in [0.1, 0.15) is 5.01 Å². The molecule has 2 aromatic rings. The van der Waals surface area contributed by atoms with E-state index in [4.69, 9.17) is 0 Å². The molecule has 0 bridgehead atoms. The summed E-state index contributed by atoms with van der Waals surface area (Å²) in [5.41, 5.74) is 2.29. The molecule has 2 nitrogen and oxygen atoms in total. The molecule has 0 radical (unpaired) electrons. The molecule has 0 saturated heterocycles. The van der Waals surface area contributed by atoms with Crippen molar-refractivity contribution in [1.82, 2.24) is 10.3 Å². The fraction of sp³-hybridized carbons (Fsp3) is 0.308. The SMILES string of the molecule is CNC(C)c1sc(-c2cccc(Br)c2)nc1C. The van der Waals surface area contributed by atoms with Crippen molar-refractivity contribution >= 4 is 27.3 Å². The van der Waals surface area contributed by atoms with Gasteiger partial charge in [-0.3, -0.25) is 0 Å². The summed E-state index contributed by atoms with van der Waals surface area (Å²) in [6.07, 6.45) is 0. The van der Waals surface area contributed by atoms with Crippen LogP contribution in [0.25, 0.3) is 10.6 Å². The summed E-state index contributed by atoms with van der Waals surface area (Å²) in [6, 6.07) is 8.62. The highest BCUT2D eigenvalue weighted by Gasteiger charge is 2.13. The van der Waals surface area contributed by atoms with Crippen molar-refractivity contribution in [2.24, 2.45) is 0 Å². The van der Waals surface area contributed by atoms with Gasteiger partial charge in [0.05, 0.1) is 5.69 Å². The van der Waals surface area contributed by atoms with Crippen LogP contribution in [0.15, 0.2) is 28.7 Å². The molecule has 0 fully saturated rings. The number of benzene rings is 1. The number of aromatic nitrogens is 1. The molecule has 1 aromatic carbocycles. The summed E-state index contributed by atoms with van der Waals surface area (Å²) in [7, 11) is 1.97. The van der Waals surface area contributed by atoms with Gasteiger partial charge in [-0.25, -0.2) is 4.98 Å². The van der Waals surface area contributed by atoms with Crippen molar-refractivity contribution in [2.45, 2.75) is 19.9 Å². The number of halogens is 1. The molecule has 90 valence electrons. The number of hydrogen-bond donors (Lipinski definition) is 1. The molecule has 0 spiro atoms. The Balaban J connectivity index is 2.41. The number of aryl methyl sites for hydroxylation is 1. The second-order valence-electron chi connectivity index (χ2n) is 3.99. The van der Waals surface area contributed by atoms with Gasteiger partial charge >= 0.3 is 0 Å². The van der Waals surface area contributed by atoms with Crippen molar-refractivity contribution in [3.05, 3.63) is 39.3 Å². The van der Waals surface area contributed by atoms with Crippen molar-refractivity contribution in [3.63, 3.8) is 0 Å². The number of rotatable bonds is 3. The van der Waals surface area contributed by atoms with Crippen LogP contribution in [-0.2, 0) is 0 Å². The summed E-state index contributed by atoms with van der Waals surface area (Å²) in [5.74, 6) is 0. The zero-order valence-electron chi connectivity index (χ0n) is 10.1. The molecule has 1 heterocycles. The number of nitrogens with zero attached hydrogens (tertiary/aromatic N) is 1. The summed E-state index contributed by atoms with van der Waals surface area (Å²) in [5, 5.41) is 4.34. The van der Waals surface area contributed by atoms with E-state index in [1.165, 1.54) is 10.4 Å². The molecule has 17 heavy (non-hydrogen) atoms. The standard InChI is InChI=1S/C13H15BrN2S/c1-8(15-3)12-9(2)16-13(17-12)10-5-4-6-11(14)7-10/h4-8,15H,1-3H3. The largest absolute Gasteiger partial charge is 0.312 e. The van der Waals surface area contributed by atoms with Gasteiger partial charge in [0.15, 0.2) is 0 Å². The molecule has 1 N–H and O–H groups in total. The van der Waals surface area contributed by atoms with Crippen LogP contribution >= 0.6 is 27.3 Å². The zero-order valence-corrected chi connectivity index (χ0v) is 12.5. The predicted octanol–water partition coefficient (Wildman–Crippen LogP) is 4.16. The van der Waals surface area contributed by atoms with Gasteiger partial charge in [-0.2, -0.15) is 0 Å². The van der Waals surface area contributed by atoms with Crippen LogP contribution in [0.1, 0.15) is 23.5 Å². The molecule has 0 amide bonds. The van der Waals surface area contributed by atoms with Crippen LogP contribution in [0.5, 0.6) is 0 Å². The molecular weight excluding hydrogens is 296 g/mol. The third-order valence-corrected chi connectivity index (χ3v) is 4.61. The lowest BCUT2D eigenvalue weighted by Gasteiger charge is -2.06. The lowest BCUT2D eigenvalue weighted by molar-refractivity contribution is 0.658. The maximum absolute atomic E-state index is 4.65. The Morgan fingerprint density at radius 1 is 1.41 bits per heavy atom. The second-order valence-corrected chi connectivity index (χ2v) is 5.94. The van der Waals surface area contributed by atoms with Gasteiger partial charge in [0.25, 0.3) is 0 Å². The van der Waals surface area contributed by atoms with Crippen LogP contribution < -0.4 is 5.32 Å². The van der Waals surface area contributed by atoms with Gasteiger partial charge in [0, 0.05) is 21.0 Å². The third kappa shape index (κ3) is 2.76. The topological polar surface area (TPSA) is 24.9 Å². The van der Waals surface area contributed by atoms with E-state index >= 15 is 0 Å². The highest BCUT2D eigenvalue weighted by molar-refractivity contribution is 9.10. The van der Waals surface area contributed by atoms with Crippen LogP contribution in [-0.4, -0.2) is 12.0 Å². The summed E-state index contributed by atoms with van der Waals surface area (Å²) < 4.78 is 1.09. The van der Waals surface area contributed by atoms with E-state index in [0.717, 1.165) is 15.2 Å². The molecule has 4 heteroatoms. The van der Waals surface area contributed by atoms with Crippen LogP contribution in [0.3, 0.4) is 0 Å². The minimum Gasteiger partial charge on any atom is -0.312 e. The van der Waals surface area contributed by atoms with Crippen molar-refractivity contribution in [1.29, 1.82) is 0 Å². The normalized spacial score (nSPS) is 12.7. The highest BCUT2D eigenvalue weighted by Crippen LogP contribution is 2.32. The Hall–Kier alpha value is -0.710. The monoisotopic (exact) mass is 310 g/mol. The number of thiazole rings is 1. The summed E-state index contributed by atoms with van der Waals surface area (Å²) in [4.78, 5) is 5.96. The Labute approximate surface area is 114 Å². The summed E-state index contributed by atoms with van der Waals surface area (Å²) >= 11 is 5.25. The Morgan fingerprint density at radius 2 is 2.18 bits per heavy atom. The molecule has 1 unspecified atom stereocenters. The van der Waals surface area contributed by atoms with E-state index in [9.17, 15) is 0 Å². The average molecular weight is 311 g/mol. The summed E-state index contributed by atoms with van der Waals surface area (Å²) in [6.45, 7) is 4.23. The molecular formula is C13H15BrN2S. The molecule has 0 aliphatic heterocycles. The van der Waals surface area contributed by atoms with Gasteiger partial charge < -0.3 is 5.32 Å². The third-order valence-electron chi connectivity index (χ3n) is 2.73. The molecule has 0 saturated carbocycles. The Bertz CT molecular complexity index is 522. The van der Waals surface area contributed by atoms with E-state index < -0.39 is 0 Å². The molecule has 1 atom stereocenters. The minimum absolute atomic E-state index is 0.355. The maximum Gasteiger partial charge on any atom is 0.123 e. The van der Waals surface area contributed by atoms with Crippen LogP contribution in [0, 0.1) is 6.92 Å². The van der Waals surface area contributed by atoms with Gasteiger partial charge in [-0.15, -0.1) is 11.3 Å². The Kier molecular flexibility index (Phi) is 3.97. The van der Waals surface area contributed by atoms with Gasteiger partial charge in [0.2, 0.25) is 0 Å². The lowest BCUT2D eigenvalue weighted by Crippen LogP contribution is -2.11. The van der Waals surface area contributed by atoms with E-state index in [2.05, 4.69) is 52.2 Å². The van der Waals surface area contributed by atoms with Crippen LogP contribution in [0.4, 0.5) is 0 Å². The Morgan fingerprint density at radius 3 is 2.82 bits per heavy atom. The van der Waals surface area contributed by atoms with Crippen molar-refractivity contribution < 1.29 is 0 Å². The fourth-order valence-corrected chi connectivity index (χ4v) is 3.21. The van der Waals surface area contributed by atoms with E-state index in [1.54, 1.807) is 11.3 Å². The van der Waals surface area contributed by atoms with Crippen molar-refractivity contribution in [3.8, 4) is 10.6 Å². The first kappa shape index (κ1) is 12.7. The first-order chi connectivity index (χ1) is 8.11. The second kappa shape index (κ2) is 5.29. The molecule has 2 rings (SSSR count). The number of hydrogen-bond acceptors (Lipinski definition) is 3. The quantitative estimate of drug-likeness (QED) is 0.920. The van der Waals surface area contributed by atoms with Crippen LogP contribution in [0.2, 0.25) is 0 Å². The van der Waals surface area contributed by atoms with E-state index in [0.29, 0.717) is 6.04 Å². The minimum atomic E-state index is 0.355. The molecule has 0 aliphatic rings. The fourth-order valence-electron chi connectivity index (χ4n) is 1.69. The van der Waals surface area contributed by atoms with Gasteiger partial charge in [-0.05, 0) is 33.0 Å². The smallest absolute Gasteiger partial charge is 0.123 e. The molecule has 0 aliphatic carbocycles. The molecule has 1 aromatic heterocycles. The first-order valence-corrected chi connectivity index (χ1v) is 7.13. The predicted molar refractivity (Wildman–Crippen MR) is 77.5 cm³/mol. The first-order valence-electron chi connectivity index (χ1n) is 5.52. The maximum atomic E-state index is 4.65. The number of nitrogens with one attached hydrogen (secondary N) is 1. The van der Waals surface area contributed by atoms with E-state index in [1.807, 2.05) is 19.2 Å². The average Bonchev–Trinajstić information content (AvgIpc) is 2.70. The van der Waals surface area contributed by atoms with E-state index in [-0.39, 0.29) is 0 Å². The highest BCUT2D eigenvalue weighted by atomic mass is 79.9. The lowest BCUT2D eigenvalue weighted by atomic mass is 10.2.